The lowest BCUT2D eigenvalue weighted by molar-refractivity contribution is -0.384. The van der Waals surface area contributed by atoms with Crippen molar-refractivity contribution >= 4 is 51.9 Å². The first-order valence-electron chi connectivity index (χ1n) is 7.54. The molecular formula is C17H9ClF3N3O3S. The van der Waals surface area contributed by atoms with E-state index in [-0.39, 0.29) is 21.4 Å². The second kappa shape index (κ2) is 7.64. The summed E-state index contributed by atoms with van der Waals surface area (Å²) in [6, 6.07) is 8.82. The van der Waals surface area contributed by atoms with Crippen molar-refractivity contribution in [3.05, 3.63) is 73.6 Å². The molecule has 28 heavy (non-hydrogen) atoms. The molecule has 0 bridgehead atoms. The summed E-state index contributed by atoms with van der Waals surface area (Å²) in [6.07, 6.45) is -3.20. The van der Waals surface area contributed by atoms with Crippen LogP contribution in [0.4, 0.5) is 24.5 Å². The Morgan fingerprint density at radius 2 is 1.96 bits per heavy atom. The van der Waals surface area contributed by atoms with Crippen molar-refractivity contribution in [2.45, 2.75) is 6.18 Å². The molecule has 1 saturated heterocycles. The molecule has 1 amide bonds. The van der Waals surface area contributed by atoms with Gasteiger partial charge in [0.1, 0.15) is 0 Å². The van der Waals surface area contributed by atoms with Gasteiger partial charge in [-0.3, -0.25) is 14.9 Å². The molecule has 11 heteroatoms. The molecule has 0 spiro atoms. The van der Waals surface area contributed by atoms with Gasteiger partial charge < -0.3 is 5.32 Å². The van der Waals surface area contributed by atoms with Crippen molar-refractivity contribution in [1.82, 2.24) is 5.32 Å². The van der Waals surface area contributed by atoms with Crippen molar-refractivity contribution in [2.24, 2.45) is 4.99 Å². The van der Waals surface area contributed by atoms with E-state index >= 15 is 0 Å². The first-order valence-corrected chi connectivity index (χ1v) is 8.74. The Labute approximate surface area is 165 Å². The maximum atomic E-state index is 12.9. The summed E-state index contributed by atoms with van der Waals surface area (Å²) >= 11 is 6.48. The minimum Gasteiger partial charge on any atom is -0.300 e. The first-order chi connectivity index (χ1) is 13.1. The number of alkyl halides is 3. The number of amidine groups is 1. The first kappa shape index (κ1) is 19.9. The van der Waals surface area contributed by atoms with Crippen molar-refractivity contribution in [2.75, 3.05) is 0 Å². The molecule has 1 fully saturated rings. The molecule has 1 heterocycles. The topological polar surface area (TPSA) is 84.6 Å². The molecule has 3 rings (SSSR count). The standard InChI is InChI=1S/C17H9ClF3N3O3S/c18-13-5-4-10(8-12(13)17(19,20)21)22-16-23-15(25)14(28-16)7-9-2-1-3-11(6-9)24(26)27/h1-8H,(H,22,23,25)/b14-7-. The van der Waals surface area contributed by atoms with Crippen LogP contribution in [-0.4, -0.2) is 16.0 Å². The molecule has 0 radical (unpaired) electrons. The zero-order valence-electron chi connectivity index (χ0n) is 13.7. The summed E-state index contributed by atoms with van der Waals surface area (Å²) in [7, 11) is 0. The van der Waals surface area contributed by atoms with Gasteiger partial charge >= 0.3 is 6.18 Å². The molecular weight excluding hydrogens is 419 g/mol. The molecule has 1 aliphatic heterocycles. The lowest BCUT2D eigenvalue weighted by Crippen LogP contribution is -2.19. The molecule has 2 aromatic carbocycles. The van der Waals surface area contributed by atoms with E-state index in [0.717, 1.165) is 23.9 Å². The van der Waals surface area contributed by atoms with Crippen LogP contribution in [0.3, 0.4) is 0 Å². The molecule has 1 N–H and O–H groups in total. The zero-order chi connectivity index (χ0) is 20.5. The third kappa shape index (κ3) is 4.52. The normalized spacial score (nSPS) is 17.2. The Morgan fingerprint density at radius 1 is 1.21 bits per heavy atom. The number of carbonyl (C=O) groups is 1. The van der Waals surface area contributed by atoms with E-state index in [1.54, 1.807) is 6.07 Å². The summed E-state index contributed by atoms with van der Waals surface area (Å²) in [5, 5.41) is 12.9. The third-order valence-corrected chi connectivity index (χ3v) is 4.76. The lowest BCUT2D eigenvalue weighted by atomic mass is 10.2. The van der Waals surface area contributed by atoms with E-state index in [4.69, 9.17) is 11.6 Å². The molecule has 6 nitrogen and oxygen atoms in total. The van der Waals surface area contributed by atoms with Gasteiger partial charge in [0, 0.05) is 12.1 Å². The maximum absolute atomic E-state index is 12.9. The molecule has 1 aliphatic rings. The third-order valence-electron chi connectivity index (χ3n) is 3.52. The van der Waals surface area contributed by atoms with E-state index in [1.165, 1.54) is 30.3 Å². The van der Waals surface area contributed by atoms with Gasteiger partial charge in [-0.1, -0.05) is 23.7 Å². The Kier molecular flexibility index (Phi) is 5.43. The number of nitrogens with one attached hydrogen (secondary N) is 1. The van der Waals surface area contributed by atoms with Gasteiger partial charge in [0.25, 0.3) is 11.6 Å². The predicted octanol–water partition coefficient (Wildman–Crippen LogP) is 5.16. The Balaban J connectivity index is 1.87. The maximum Gasteiger partial charge on any atom is 0.417 e. The Bertz CT molecular complexity index is 1040. The number of nitro benzene ring substituents is 1. The molecule has 0 aliphatic carbocycles. The molecule has 2 aromatic rings. The average molecular weight is 428 g/mol. The van der Waals surface area contributed by atoms with Crippen LogP contribution >= 0.6 is 23.4 Å². The summed E-state index contributed by atoms with van der Waals surface area (Å²) in [5.74, 6) is -0.514. The summed E-state index contributed by atoms with van der Waals surface area (Å²) < 4.78 is 38.8. The van der Waals surface area contributed by atoms with Gasteiger partial charge in [0.15, 0.2) is 5.17 Å². The highest BCUT2D eigenvalue weighted by Crippen LogP contribution is 2.37. The fourth-order valence-electron chi connectivity index (χ4n) is 2.28. The van der Waals surface area contributed by atoms with Crippen molar-refractivity contribution in [3.8, 4) is 0 Å². The van der Waals surface area contributed by atoms with Crippen LogP contribution in [-0.2, 0) is 11.0 Å². The van der Waals surface area contributed by atoms with Gasteiger partial charge in [-0.05, 0) is 41.6 Å². The monoisotopic (exact) mass is 427 g/mol. The van der Waals surface area contributed by atoms with Crippen LogP contribution in [0.25, 0.3) is 6.08 Å². The van der Waals surface area contributed by atoms with Crippen molar-refractivity contribution in [3.63, 3.8) is 0 Å². The average Bonchev–Trinajstić information content (AvgIpc) is 2.95. The number of aliphatic imine (C=N–C) groups is 1. The molecule has 0 unspecified atom stereocenters. The van der Waals surface area contributed by atoms with Crippen molar-refractivity contribution in [1.29, 1.82) is 0 Å². The largest absolute Gasteiger partial charge is 0.417 e. The Hall–Kier alpha value is -2.85. The van der Waals surface area contributed by atoms with E-state index < -0.39 is 27.6 Å². The van der Waals surface area contributed by atoms with Gasteiger partial charge in [-0.25, -0.2) is 4.99 Å². The van der Waals surface area contributed by atoms with Crippen LogP contribution in [0.5, 0.6) is 0 Å². The summed E-state index contributed by atoms with van der Waals surface area (Å²) in [5.41, 5.74) is -0.764. The number of nitrogens with zero attached hydrogens (tertiary/aromatic N) is 2. The number of hydrogen-bond donors (Lipinski definition) is 1. The number of rotatable bonds is 3. The lowest BCUT2D eigenvalue weighted by Gasteiger charge is -2.09. The minimum absolute atomic E-state index is 0.0314. The number of amides is 1. The van der Waals surface area contributed by atoms with E-state index in [1.807, 2.05) is 0 Å². The van der Waals surface area contributed by atoms with Gasteiger partial charge in [0.2, 0.25) is 0 Å². The van der Waals surface area contributed by atoms with Crippen LogP contribution in [0.15, 0.2) is 52.4 Å². The second-order valence-electron chi connectivity index (χ2n) is 5.50. The fraction of sp³-hybridized carbons (Fsp3) is 0.0588. The van der Waals surface area contributed by atoms with Crippen LogP contribution in [0, 0.1) is 10.1 Å². The molecule has 144 valence electrons. The number of nitro groups is 1. The van der Waals surface area contributed by atoms with Crippen LogP contribution in [0.2, 0.25) is 5.02 Å². The van der Waals surface area contributed by atoms with Crippen LogP contribution in [0.1, 0.15) is 11.1 Å². The molecule has 0 aromatic heterocycles. The second-order valence-corrected chi connectivity index (χ2v) is 6.93. The van der Waals surface area contributed by atoms with Crippen LogP contribution < -0.4 is 5.32 Å². The van der Waals surface area contributed by atoms with E-state index in [2.05, 4.69) is 10.3 Å². The highest BCUT2D eigenvalue weighted by Gasteiger charge is 2.33. The highest BCUT2D eigenvalue weighted by atomic mass is 35.5. The number of hydrogen-bond acceptors (Lipinski definition) is 5. The number of non-ortho nitro benzene ring substituents is 1. The highest BCUT2D eigenvalue weighted by molar-refractivity contribution is 8.18. The number of halogens is 4. The molecule has 0 atom stereocenters. The zero-order valence-corrected chi connectivity index (χ0v) is 15.2. The minimum atomic E-state index is -4.63. The number of carbonyl (C=O) groups excluding carboxylic acids is 1. The van der Waals surface area contributed by atoms with Crippen molar-refractivity contribution < 1.29 is 22.9 Å². The van der Waals surface area contributed by atoms with E-state index in [0.29, 0.717) is 5.56 Å². The van der Waals surface area contributed by atoms with Gasteiger partial charge in [-0.2, -0.15) is 13.2 Å². The van der Waals surface area contributed by atoms with Gasteiger partial charge in [-0.15, -0.1) is 0 Å². The quantitative estimate of drug-likeness (QED) is 0.416. The fourth-order valence-corrected chi connectivity index (χ4v) is 3.34. The summed E-state index contributed by atoms with van der Waals surface area (Å²) in [4.78, 5) is 26.5. The smallest absolute Gasteiger partial charge is 0.300 e. The van der Waals surface area contributed by atoms with Gasteiger partial charge in [0.05, 0.1) is 26.1 Å². The predicted molar refractivity (Wildman–Crippen MR) is 100 cm³/mol. The molecule has 0 saturated carbocycles. The number of benzene rings is 2. The Morgan fingerprint density at radius 3 is 2.64 bits per heavy atom. The van der Waals surface area contributed by atoms with E-state index in [9.17, 15) is 28.1 Å². The SMILES string of the molecule is O=C1NC(=Nc2ccc(Cl)c(C(F)(F)F)c2)S/C1=C\c1cccc([N+](=O)[O-])c1. The number of thioether (sulfide) groups is 1. The summed E-state index contributed by atoms with van der Waals surface area (Å²) in [6.45, 7) is 0.